The highest BCUT2D eigenvalue weighted by Crippen LogP contribution is 2.37. The second-order valence-electron chi connectivity index (χ2n) is 6.53. The molecule has 3 aromatic carbocycles. The van der Waals surface area contributed by atoms with E-state index >= 15 is 0 Å². The molecule has 8 nitrogen and oxygen atoms in total. The topological polar surface area (TPSA) is 113 Å². The Kier molecular flexibility index (Phi) is 5.06. The number of benzene rings is 3. The third-order valence-corrected chi connectivity index (χ3v) is 5.94. The lowest BCUT2D eigenvalue weighted by molar-refractivity contribution is -0.384. The summed E-state index contributed by atoms with van der Waals surface area (Å²) in [6, 6.07) is 19.4. The zero-order chi connectivity index (χ0) is 21.3. The summed E-state index contributed by atoms with van der Waals surface area (Å²) in [6.45, 7) is 0. The normalized spacial score (nSPS) is 18.3. The van der Waals surface area contributed by atoms with Crippen molar-refractivity contribution in [3.8, 4) is 5.75 Å². The summed E-state index contributed by atoms with van der Waals surface area (Å²) in [7, 11) is -4.40. The Morgan fingerprint density at radius 1 is 0.900 bits per heavy atom. The van der Waals surface area contributed by atoms with E-state index in [9.17, 15) is 23.3 Å². The quantitative estimate of drug-likeness (QED) is 0.348. The lowest BCUT2D eigenvalue weighted by Crippen LogP contribution is -2.39. The number of fused-ring (bicyclic) bond motifs is 1. The van der Waals surface area contributed by atoms with Crippen LogP contribution in [0.15, 0.2) is 83.8 Å². The highest BCUT2D eigenvalue weighted by molar-refractivity contribution is 7.86. The molecule has 152 valence electrons. The van der Waals surface area contributed by atoms with Crippen molar-refractivity contribution in [3.63, 3.8) is 0 Å². The first kappa shape index (κ1) is 19.7. The Morgan fingerprint density at radius 2 is 1.53 bits per heavy atom. The second kappa shape index (κ2) is 7.69. The van der Waals surface area contributed by atoms with Gasteiger partial charge in [-0.25, -0.2) is 0 Å². The molecular formula is C21H15NO7S. The number of hydrogen-bond acceptors (Lipinski definition) is 7. The first-order chi connectivity index (χ1) is 14.4. The number of nitro groups is 1. The van der Waals surface area contributed by atoms with Crippen LogP contribution in [0.5, 0.6) is 5.75 Å². The van der Waals surface area contributed by atoms with E-state index in [1.165, 1.54) is 6.07 Å². The average Bonchev–Trinajstić information content (AvgIpc) is 2.76. The van der Waals surface area contributed by atoms with E-state index in [4.69, 9.17) is 8.92 Å². The maximum Gasteiger partial charge on any atom is 0.297 e. The van der Waals surface area contributed by atoms with Gasteiger partial charge in [-0.1, -0.05) is 42.5 Å². The van der Waals surface area contributed by atoms with E-state index in [1.807, 2.05) is 0 Å². The summed E-state index contributed by atoms with van der Waals surface area (Å²) in [4.78, 5) is 23.0. The van der Waals surface area contributed by atoms with Crippen molar-refractivity contribution in [2.24, 2.45) is 0 Å². The second-order valence-corrected chi connectivity index (χ2v) is 8.10. The van der Waals surface area contributed by atoms with Crippen molar-refractivity contribution < 1.29 is 27.1 Å². The summed E-state index contributed by atoms with van der Waals surface area (Å²) in [5.41, 5.74) is 0.528. The van der Waals surface area contributed by atoms with Crippen LogP contribution in [0.3, 0.4) is 0 Å². The predicted octanol–water partition coefficient (Wildman–Crippen LogP) is 3.69. The van der Waals surface area contributed by atoms with Crippen LogP contribution in [-0.2, 0) is 14.3 Å². The molecule has 4 rings (SSSR count). The minimum Gasteiger partial charge on any atom is -0.482 e. The minimum atomic E-state index is -4.40. The molecule has 0 spiro atoms. The third kappa shape index (κ3) is 3.68. The molecule has 0 bridgehead atoms. The molecule has 0 saturated carbocycles. The van der Waals surface area contributed by atoms with Gasteiger partial charge in [0, 0.05) is 12.1 Å². The fourth-order valence-corrected chi connectivity index (χ4v) is 4.21. The molecular weight excluding hydrogens is 410 g/mol. The van der Waals surface area contributed by atoms with Gasteiger partial charge in [0.1, 0.15) is 5.75 Å². The maximum absolute atomic E-state index is 13.1. The van der Waals surface area contributed by atoms with Gasteiger partial charge in [-0.15, -0.1) is 0 Å². The fraction of sp³-hybridized carbons (Fsp3) is 0.0952. The van der Waals surface area contributed by atoms with Crippen molar-refractivity contribution in [2.75, 3.05) is 0 Å². The van der Waals surface area contributed by atoms with Crippen LogP contribution in [-0.4, -0.2) is 25.2 Å². The number of Topliss-reactive ketones (excluding diaryl/α,β-unsaturated/α-hetero) is 1. The number of hydrogen-bond donors (Lipinski definition) is 0. The highest BCUT2D eigenvalue weighted by Gasteiger charge is 2.42. The Labute approximate surface area is 172 Å². The number of carbonyl (C=O) groups excluding carboxylic acids is 1. The largest absolute Gasteiger partial charge is 0.482 e. The molecule has 1 heterocycles. The van der Waals surface area contributed by atoms with Crippen LogP contribution in [0.1, 0.15) is 22.0 Å². The van der Waals surface area contributed by atoms with Crippen LogP contribution in [0.4, 0.5) is 5.69 Å². The van der Waals surface area contributed by atoms with Gasteiger partial charge in [-0.05, 0) is 29.8 Å². The summed E-state index contributed by atoms with van der Waals surface area (Å²) in [6.07, 6.45) is -2.44. The molecule has 1 aliphatic rings. The minimum absolute atomic E-state index is 0.216. The van der Waals surface area contributed by atoms with Crippen LogP contribution >= 0.6 is 0 Å². The van der Waals surface area contributed by atoms with Gasteiger partial charge in [0.05, 0.1) is 15.4 Å². The van der Waals surface area contributed by atoms with E-state index in [0.29, 0.717) is 11.3 Å². The number of ether oxygens (including phenoxy) is 1. The number of nitro benzene ring substituents is 1. The van der Waals surface area contributed by atoms with Gasteiger partial charge in [-0.2, -0.15) is 8.42 Å². The standard InChI is InChI=1S/C21H15NO7S/c23-19-17-8-4-5-9-18(17)28-20(14-6-2-1-3-7-14)21(19)29-30(26,27)16-12-10-15(11-13-16)22(24)25/h1-13,20-21H/t20-,21+/m0/s1. The Bertz CT molecular complexity index is 1210. The lowest BCUT2D eigenvalue weighted by atomic mass is 9.94. The predicted molar refractivity (Wildman–Crippen MR) is 106 cm³/mol. The molecule has 30 heavy (non-hydrogen) atoms. The number of carbonyl (C=O) groups is 1. The summed E-state index contributed by atoms with van der Waals surface area (Å²) < 4.78 is 36.9. The van der Waals surface area contributed by atoms with Crippen molar-refractivity contribution >= 4 is 21.6 Å². The summed E-state index contributed by atoms with van der Waals surface area (Å²) in [5, 5.41) is 10.8. The Hall–Kier alpha value is -3.56. The Balaban J connectivity index is 1.72. The van der Waals surface area contributed by atoms with Crippen LogP contribution in [0.25, 0.3) is 0 Å². The number of ketones is 1. The van der Waals surface area contributed by atoms with Gasteiger partial charge in [0.25, 0.3) is 15.8 Å². The van der Waals surface area contributed by atoms with Crippen LogP contribution in [0.2, 0.25) is 0 Å². The summed E-state index contributed by atoms with van der Waals surface area (Å²) >= 11 is 0. The van der Waals surface area contributed by atoms with E-state index < -0.39 is 33.0 Å². The monoisotopic (exact) mass is 425 g/mol. The molecule has 0 aromatic heterocycles. The molecule has 0 N–H and O–H groups in total. The molecule has 0 aliphatic carbocycles. The average molecular weight is 425 g/mol. The van der Waals surface area contributed by atoms with Crippen molar-refractivity contribution in [1.29, 1.82) is 0 Å². The Morgan fingerprint density at radius 3 is 2.20 bits per heavy atom. The van der Waals surface area contributed by atoms with Gasteiger partial charge >= 0.3 is 0 Å². The number of nitrogens with zero attached hydrogens (tertiary/aromatic N) is 1. The molecule has 2 atom stereocenters. The molecule has 0 saturated heterocycles. The molecule has 9 heteroatoms. The highest BCUT2D eigenvalue weighted by atomic mass is 32.2. The van der Waals surface area contributed by atoms with Crippen LogP contribution < -0.4 is 4.74 Å². The molecule has 3 aromatic rings. The summed E-state index contributed by atoms with van der Waals surface area (Å²) in [5.74, 6) is -0.194. The van der Waals surface area contributed by atoms with Crippen molar-refractivity contribution in [3.05, 3.63) is 100 Å². The number of rotatable bonds is 5. The van der Waals surface area contributed by atoms with Gasteiger partial charge < -0.3 is 4.74 Å². The van der Waals surface area contributed by atoms with E-state index in [2.05, 4.69) is 0 Å². The molecule has 0 fully saturated rings. The molecule has 0 radical (unpaired) electrons. The first-order valence-electron chi connectivity index (χ1n) is 8.89. The lowest BCUT2D eigenvalue weighted by Gasteiger charge is -2.32. The number of non-ortho nitro benzene ring substituents is 1. The smallest absolute Gasteiger partial charge is 0.297 e. The fourth-order valence-electron chi connectivity index (χ4n) is 3.17. The van der Waals surface area contributed by atoms with Gasteiger partial charge in [0.2, 0.25) is 5.78 Å². The van der Waals surface area contributed by atoms with E-state index in [1.54, 1.807) is 48.5 Å². The van der Waals surface area contributed by atoms with Gasteiger partial charge in [0.15, 0.2) is 12.2 Å². The molecule has 1 aliphatic heterocycles. The zero-order valence-corrected chi connectivity index (χ0v) is 16.2. The molecule has 0 unspecified atom stereocenters. The first-order valence-corrected chi connectivity index (χ1v) is 10.3. The van der Waals surface area contributed by atoms with Gasteiger partial charge in [-0.3, -0.25) is 19.1 Å². The van der Waals surface area contributed by atoms with E-state index in [0.717, 1.165) is 24.3 Å². The zero-order valence-electron chi connectivity index (χ0n) is 15.4. The van der Waals surface area contributed by atoms with Crippen molar-refractivity contribution in [1.82, 2.24) is 0 Å². The third-order valence-electron chi connectivity index (χ3n) is 4.63. The van der Waals surface area contributed by atoms with Crippen LogP contribution in [0, 0.1) is 10.1 Å². The van der Waals surface area contributed by atoms with E-state index in [-0.39, 0.29) is 16.1 Å². The SMILES string of the molecule is O=C1c2ccccc2O[C@@H](c2ccccc2)[C@@H]1OS(=O)(=O)c1ccc([N+](=O)[O-])cc1. The molecule has 0 amide bonds. The van der Waals surface area contributed by atoms with Crippen molar-refractivity contribution in [2.45, 2.75) is 17.1 Å². The maximum atomic E-state index is 13.1. The number of para-hydroxylation sites is 1.